The summed E-state index contributed by atoms with van der Waals surface area (Å²) in [7, 11) is 0. The third-order valence-corrected chi connectivity index (χ3v) is 4.28. The molecule has 0 saturated heterocycles. The average molecular weight is 337 g/mol. The molecule has 2 amide bonds. The van der Waals surface area contributed by atoms with Crippen molar-refractivity contribution in [3.8, 4) is 0 Å². The Morgan fingerprint density at radius 3 is 2.44 bits per heavy atom. The molecular formula is C20H23N3O2. The van der Waals surface area contributed by atoms with E-state index in [0.717, 1.165) is 25.1 Å². The Hall–Kier alpha value is -2.66. The number of hydrogen-bond donors (Lipinski definition) is 3. The van der Waals surface area contributed by atoms with Gasteiger partial charge in [0, 0.05) is 37.3 Å². The molecule has 25 heavy (non-hydrogen) atoms. The molecule has 2 aromatic rings. The molecule has 0 radical (unpaired) electrons. The first-order valence-electron chi connectivity index (χ1n) is 8.65. The van der Waals surface area contributed by atoms with E-state index in [2.05, 4.69) is 28.1 Å². The normalized spacial score (nSPS) is 12.5. The Morgan fingerprint density at radius 1 is 0.960 bits per heavy atom. The van der Waals surface area contributed by atoms with Gasteiger partial charge in [0.15, 0.2) is 0 Å². The van der Waals surface area contributed by atoms with Crippen LogP contribution in [-0.2, 0) is 19.6 Å². The molecule has 0 bridgehead atoms. The van der Waals surface area contributed by atoms with Crippen molar-refractivity contribution in [2.45, 2.75) is 33.0 Å². The van der Waals surface area contributed by atoms with Crippen molar-refractivity contribution >= 4 is 11.8 Å². The Balaban J connectivity index is 1.62. The fourth-order valence-corrected chi connectivity index (χ4v) is 2.88. The third kappa shape index (κ3) is 4.25. The van der Waals surface area contributed by atoms with Gasteiger partial charge in [-0.15, -0.1) is 0 Å². The van der Waals surface area contributed by atoms with Crippen LogP contribution in [0, 0.1) is 0 Å². The zero-order chi connectivity index (χ0) is 17.6. The highest BCUT2D eigenvalue weighted by Gasteiger charge is 2.12. The highest BCUT2D eigenvalue weighted by molar-refractivity contribution is 5.99. The van der Waals surface area contributed by atoms with Crippen molar-refractivity contribution in [2.75, 3.05) is 6.54 Å². The molecule has 5 nitrogen and oxygen atoms in total. The van der Waals surface area contributed by atoms with Crippen LogP contribution < -0.4 is 16.0 Å². The molecule has 0 aliphatic carbocycles. The summed E-state index contributed by atoms with van der Waals surface area (Å²) in [5.41, 5.74) is 4.69. The highest BCUT2D eigenvalue weighted by Crippen LogP contribution is 2.17. The van der Waals surface area contributed by atoms with Gasteiger partial charge < -0.3 is 16.0 Å². The van der Waals surface area contributed by atoms with E-state index in [0.29, 0.717) is 24.2 Å². The fourth-order valence-electron chi connectivity index (χ4n) is 2.88. The second-order valence-electron chi connectivity index (χ2n) is 6.23. The number of carbonyl (C=O) groups is 2. The van der Waals surface area contributed by atoms with Crippen LogP contribution in [0.2, 0.25) is 0 Å². The summed E-state index contributed by atoms with van der Waals surface area (Å²) < 4.78 is 0. The maximum Gasteiger partial charge on any atom is 0.251 e. The van der Waals surface area contributed by atoms with Gasteiger partial charge in [-0.05, 0) is 41.3 Å². The Labute approximate surface area is 147 Å². The van der Waals surface area contributed by atoms with Gasteiger partial charge in [0.1, 0.15) is 0 Å². The van der Waals surface area contributed by atoms with Crippen molar-refractivity contribution in [1.82, 2.24) is 16.0 Å². The minimum Gasteiger partial charge on any atom is -0.352 e. The Morgan fingerprint density at radius 2 is 1.68 bits per heavy atom. The maximum absolute atomic E-state index is 12.4. The molecule has 0 atom stereocenters. The largest absolute Gasteiger partial charge is 0.352 e. The first-order valence-corrected chi connectivity index (χ1v) is 8.65. The number of carbonyl (C=O) groups excluding carboxylic acids is 2. The topological polar surface area (TPSA) is 70.2 Å². The molecule has 0 saturated carbocycles. The van der Waals surface area contributed by atoms with Crippen molar-refractivity contribution in [3.63, 3.8) is 0 Å². The van der Waals surface area contributed by atoms with Crippen molar-refractivity contribution in [1.29, 1.82) is 0 Å². The molecule has 0 fully saturated rings. The van der Waals surface area contributed by atoms with Crippen LogP contribution in [-0.4, -0.2) is 18.4 Å². The van der Waals surface area contributed by atoms with E-state index >= 15 is 0 Å². The number of fused-ring (bicyclic) bond motifs is 1. The summed E-state index contributed by atoms with van der Waals surface area (Å²) in [6, 6.07) is 13.1. The molecule has 1 aliphatic rings. The number of amides is 2. The molecule has 1 heterocycles. The molecule has 130 valence electrons. The van der Waals surface area contributed by atoms with Gasteiger partial charge in [0.05, 0.1) is 0 Å². The lowest BCUT2D eigenvalue weighted by atomic mass is 10.1. The number of hydrogen-bond acceptors (Lipinski definition) is 3. The van der Waals surface area contributed by atoms with Gasteiger partial charge in [-0.3, -0.25) is 9.59 Å². The Bertz CT molecular complexity index is 786. The van der Waals surface area contributed by atoms with E-state index < -0.39 is 0 Å². The molecule has 3 rings (SSSR count). The number of rotatable bonds is 6. The van der Waals surface area contributed by atoms with Crippen molar-refractivity contribution < 1.29 is 9.59 Å². The average Bonchev–Trinajstić information content (AvgIpc) is 3.12. The van der Waals surface area contributed by atoms with Crippen LogP contribution >= 0.6 is 0 Å². The Kier molecular flexibility index (Phi) is 5.46. The summed E-state index contributed by atoms with van der Waals surface area (Å²) in [5.74, 6) is -0.327. The lowest BCUT2D eigenvalue weighted by Gasteiger charge is -2.09. The zero-order valence-electron chi connectivity index (χ0n) is 14.4. The van der Waals surface area contributed by atoms with Crippen molar-refractivity contribution in [2.24, 2.45) is 0 Å². The van der Waals surface area contributed by atoms with E-state index in [-0.39, 0.29) is 11.8 Å². The molecule has 3 N–H and O–H groups in total. The summed E-state index contributed by atoms with van der Waals surface area (Å²) in [6.07, 6.45) is 0.877. The third-order valence-electron chi connectivity index (χ3n) is 4.28. The van der Waals surface area contributed by atoms with E-state index in [1.807, 2.05) is 13.0 Å². The van der Waals surface area contributed by atoms with Gasteiger partial charge in [-0.25, -0.2) is 0 Å². The first-order chi connectivity index (χ1) is 12.2. The SMILES string of the molecule is CCCNC(=O)c1cccc(C(=O)NCc2ccc3c(c2)CNC3)c1. The minimum absolute atomic E-state index is 0.150. The number of nitrogens with one attached hydrogen (secondary N) is 3. The molecule has 0 unspecified atom stereocenters. The summed E-state index contributed by atoms with van der Waals surface area (Å²) in [4.78, 5) is 24.4. The molecule has 0 aromatic heterocycles. The minimum atomic E-state index is -0.177. The van der Waals surface area contributed by atoms with Crippen LogP contribution in [0.3, 0.4) is 0 Å². The molecule has 5 heteroatoms. The van der Waals surface area contributed by atoms with E-state index in [4.69, 9.17) is 0 Å². The predicted octanol–water partition coefficient (Wildman–Crippen LogP) is 2.36. The predicted molar refractivity (Wildman–Crippen MR) is 97.2 cm³/mol. The van der Waals surface area contributed by atoms with Crippen LogP contribution in [0.1, 0.15) is 50.8 Å². The van der Waals surface area contributed by atoms with E-state index in [1.54, 1.807) is 24.3 Å². The fraction of sp³-hybridized carbons (Fsp3) is 0.300. The van der Waals surface area contributed by atoms with Crippen molar-refractivity contribution in [3.05, 3.63) is 70.3 Å². The highest BCUT2D eigenvalue weighted by atomic mass is 16.2. The van der Waals surface area contributed by atoms with Gasteiger partial charge in [-0.1, -0.05) is 31.2 Å². The summed E-state index contributed by atoms with van der Waals surface area (Å²) in [6.45, 7) is 4.89. The smallest absolute Gasteiger partial charge is 0.251 e. The van der Waals surface area contributed by atoms with E-state index in [9.17, 15) is 9.59 Å². The first kappa shape index (κ1) is 17.2. The lowest BCUT2D eigenvalue weighted by molar-refractivity contribution is 0.0950. The standard InChI is InChI=1S/C20H23N3O2/c1-2-8-22-19(24)15-4-3-5-16(10-15)20(25)23-11-14-6-7-17-12-21-13-18(17)9-14/h3-7,9-10,21H,2,8,11-13H2,1H3,(H,22,24)(H,23,25). The van der Waals surface area contributed by atoms with Crippen LogP contribution in [0.25, 0.3) is 0 Å². The van der Waals surface area contributed by atoms with Gasteiger partial charge >= 0.3 is 0 Å². The summed E-state index contributed by atoms with van der Waals surface area (Å²) >= 11 is 0. The van der Waals surface area contributed by atoms with Gasteiger partial charge in [-0.2, -0.15) is 0 Å². The quantitative estimate of drug-likeness (QED) is 0.758. The van der Waals surface area contributed by atoms with Crippen LogP contribution in [0.4, 0.5) is 0 Å². The molecule has 0 spiro atoms. The van der Waals surface area contributed by atoms with Gasteiger partial charge in [0.25, 0.3) is 11.8 Å². The summed E-state index contributed by atoms with van der Waals surface area (Å²) in [5, 5.41) is 9.06. The zero-order valence-corrected chi connectivity index (χ0v) is 14.4. The second-order valence-corrected chi connectivity index (χ2v) is 6.23. The molecule has 2 aromatic carbocycles. The monoisotopic (exact) mass is 337 g/mol. The molecular weight excluding hydrogens is 314 g/mol. The lowest BCUT2D eigenvalue weighted by Crippen LogP contribution is -2.26. The van der Waals surface area contributed by atoms with Gasteiger partial charge in [0.2, 0.25) is 0 Å². The molecule has 1 aliphatic heterocycles. The second kappa shape index (κ2) is 7.94. The van der Waals surface area contributed by atoms with E-state index in [1.165, 1.54) is 11.1 Å². The maximum atomic E-state index is 12.4. The van der Waals surface area contributed by atoms with Crippen LogP contribution in [0.5, 0.6) is 0 Å². The number of benzene rings is 2. The van der Waals surface area contributed by atoms with Crippen LogP contribution in [0.15, 0.2) is 42.5 Å².